The molecule has 294 valence electrons. The summed E-state index contributed by atoms with van der Waals surface area (Å²) < 4.78 is 15.6. The maximum absolute atomic E-state index is 6.88. The zero-order chi connectivity index (χ0) is 41.4. The van der Waals surface area contributed by atoms with Gasteiger partial charge >= 0.3 is 0 Å². The van der Waals surface area contributed by atoms with Gasteiger partial charge in [0.25, 0.3) is 0 Å². The van der Waals surface area contributed by atoms with Crippen molar-refractivity contribution in [1.29, 1.82) is 0 Å². The van der Waals surface area contributed by atoms with Gasteiger partial charge in [-0.05, 0) is 71.3 Å². The van der Waals surface area contributed by atoms with E-state index in [2.05, 4.69) is 120 Å². The first-order valence-corrected chi connectivity index (χ1v) is 21.1. The first-order valence-electron chi connectivity index (χ1n) is 21.1. The van der Waals surface area contributed by atoms with Crippen LogP contribution in [-0.4, -0.2) is 19.5 Å². The second-order valence-electron chi connectivity index (χ2n) is 15.9. The molecular weight excluding hydrogens is 773 g/mol. The van der Waals surface area contributed by atoms with E-state index in [9.17, 15) is 0 Å². The number of fused-ring (bicyclic) bond motifs is 9. The summed E-state index contributed by atoms with van der Waals surface area (Å²) in [5, 5.41) is 6.65. The lowest BCUT2D eigenvalue weighted by Gasteiger charge is -2.16. The van der Waals surface area contributed by atoms with Crippen molar-refractivity contribution in [2.45, 2.75) is 0 Å². The fourth-order valence-corrected chi connectivity index (χ4v) is 9.32. The molecule has 13 rings (SSSR count). The number of hydrogen-bond donors (Lipinski definition) is 0. The predicted octanol–water partition coefficient (Wildman–Crippen LogP) is 15.1. The minimum Gasteiger partial charge on any atom is -0.456 e. The van der Waals surface area contributed by atoms with Crippen molar-refractivity contribution >= 4 is 65.7 Å². The lowest BCUT2D eigenvalue weighted by Crippen LogP contribution is -2.02. The highest BCUT2D eigenvalue weighted by Crippen LogP contribution is 2.44. The highest BCUT2D eigenvalue weighted by molar-refractivity contribution is 6.14. The zero-order valence-electron chi connectivity index (χ0n) is 33.7. The Morgan fingerprint density at radius 2 is 0.810 bits per heavy atom. The number of benzene rings is 9. The molecule has 13 aromatic rings. The molecule has 0 N–H and O–H groups in total. The third kappa shape index (κ3) is 5.69. The van der Waals surface area contributed by atoms with Gasteiger partial charge in [0.2, 0.25) is 0 Å². The minimum atomic E-state index is 0.552. The smallest absolute Gasteiger partial charge is 0.164 e. The average Bonchev–Trinajstić information content (AvgIpc) is 4.03. The van der Waals surface area contributed by atoms with Gasteiger partial charge in [-0.2, -0.15) is 0 Å². The molecule has 0 aliphatic carbocycles. The molecule has 0 saturated heterocycles. The van der Waals surface area contributed by atoms with Gasteiger partial charge in [-0.15, -0.1) is 0 Å². The molecule has 4 heterocycles. The summed E-state index contributed by atoms with van der Waals surface area (Å²) in [6, 6.07) is 71.5. The van der Waals surface area contributed by atoms with Crippen LogP contribution in [0.4, 0.5) is 0 Å². The van der Waals surface area contributed by atoms with E-state index in [1.165, 1.54) is 10.8 Å². The second-order valence-corrected chi connectivity index (χ2v) is 15.9. The topological polar surface area (TPSA) is 69.9 Å². The number of aromatic nitrogens is 4. The third-order valence-corrected chi connectivity index (χ3v) is 12.3. The molecule has 6 nitrogen and oxygen atoms in total. The summed E-state index contributed by atoms with van der Waals surface area (Å²) in [5.41, 5.74) is 13.1. The molecular formula is C57H34N4O2. The third-order valence-electron chi connectivity index (χ3n) is 12.3. The maximum atomic E-state index is 6.88. The van der Waals surface area contributed by atoms with Crippen molar-refractivity contribution in [1.82, 2.24) is 19.5 Å². The van der Waals surface area contributed by atoms with E-state index in [1.807, 2.05) is 91.0 Å². The van der Waals surface area contributed by atoms with E-state index >= 15 is 0 Å². The second kappa shape index (κ2) is 14.0. The largest absolute Gasteiger partial charge is 0.456 e. The SMILES string of the molecule is c1ccc(-c2nc(-c3ccccc3)nc(-c3cc(-c4ccc5c(c4)oc4ccccc45)ccc3-c3cc(-n4c5ccccc5c5ccccc54)cc4c3oc3ccccc34)n2)cc1. The highest BCUT2D eigenvalue weighted by Gasteiger charge is 2.23. The quantitative estimate of drug-likeness (QED) is 0.167. The first kappa shape index (κ1) is 35.2. The van der Waals surface area contributed by atoms with Crippen LogP contribution in [0, 0.1) is 0 Å². The molecule has 0 amide bonds. The molecule has 0 radical (unpaired) electrons. The fourth-order valence-electron chi connectivity index (χ4n) is 9.32. The van der Waals surface area contributed by atoms with Gasteiger partial charge in [-0.1, -0.05) is 152 Å². The average molecular weight is 807 g/mol. The van der Waals surface area contributed by atoms with Gasteiger partial charge in [-0.3, -0.25) is 0 Å². The van der Waals surface area contributed by atoms with Gasteiger partial charge in [0.15, 0.2) is 17.5 Å². The molecule has 0 aliphatic rings. The molecule has 9 aromatic carbocycles. The Hall–Kier alpha value is -8.61. The molecule has 4 aromatic heterocycles. The molecule has 0 unspecified atom stereocenters. The summed E-state index contributed by atoms with van der Waals surface area (Å²) >= 11 is 0. The van der Waals surface area contributed by atoms with Crippen LogP contribution in [-0.2, 0) is 0 Å². The highest BCUT2D eigenvalue weighted by atomic mass is 16.3. The Morgan fingerprint density at radius 1 is 0.302 bits per heavy atom. The van der Waals surface area contributed by atoms with Crippen LogP contribution in [0.1, 0.15) is 0 Å². The van der Waals surface area contributed by atoms with Gasteiger partial charge in [-0.25, -0.2) is 15.0 Å². The van der Waals surface area contributed by atoms with E-state index in [1.54, 1.807) is 0 Å². The summed E-state index contributed by atoms with van der Waals surface area (Å²) in [4.78, 5) is 15.7. The van der Waals surface area contributed by atoms with Crippen LogP contribution in [0.5, 0.6) is 0 Å². The molecule has 0 fully saturated rings. The van der Waals surface area contributed by atoms with Crippen LogP contribution < -0.4 is 0 Å². The zero-order valence-corrected chi connectivity index (χ0v) is 33.7. The van der Waals surface area contributed by atoms with Crippen LogP contribution in [0.3, 0.4) is 0 Å². The predicted molar refractivity (Wildman–Crippen MR) is 256 cm³/mol. The lowest BCUT2D eigenvalue weighted by molar-refractivity contribution is 0.669. The normalized spacial score (nSPS) is 11.8. The molecule has 6 heteroatoms. The summed E-state index contributed by atoms with van der Waals surface area (Å²) in [6.07, 6.45) is 0. The van der Waals surface area contributed by atoms with E-state index in [4.69, 9.17) is 23.8 Å². The summed E-state index contributed by atoms with van der Waals surface area (Å²) in [5.74, 6) is 1.73. The molecule has 0 atom stereocenters. The molecule has 0 aliphatic heterocycles. The molecule has 0 saturated carbocycles. The Bertz CT molecular complexity index is 3810. The number of rotatable bonds is 6. The Balaban J connectivity index is 1.12. The minimum absolute atomic E-state index is 0.552. The Morgan fingerprint density at radius 3 is 1.48 bits per heavy atom. The standard InChI is InChI=1S/C57H34N4O2/c1-3-15-35(16-4-1)55-58-56(36-17-5-2-6-18-36)60-57(59-55)48-31-37(38-28-30-45-43-21-9-13-25-51(43)62-53(45)32-38)27-29-40(48)46-33-39(34-47-44-22-10-14-26-52(44)63-54(46)47)61-49-23-11-7-19-41(49)42-20-8-12-24-50(42)61/h1-34H. The maximum Gasteiger partial charge on any atom is 0.164 e. The Kier molecular flexibility index (Phi) is 7.80. The lowest BCUT2D eigenvalue weighted by atomic mass is 9.92. The molecule has 0 spiro atoms. The van der Waals surface area contributed by atoms with Crippen LogP contribution >= 0.6 is 0 Å². The van der Waals surface area contributed by atoms with E-state index in [-0.39, 0.29) is 0 Å². The van der Waals surface area contributed by atoms with Gasteiger partial charge in [0, 0.05) is 60.3 Å². The fraction of sp³-hybridized carbons (Fsp3) is 0. The van der Waals surface area contributed by atoms with E-state index in [0.29, 0.717) is 17.5 Å². The monoisotopic (exact) mass is 806 g/mol. The van der Waals surface area contributed by atoms with Crippen molar-refractivity contribution in [2.75, 3.05) is 0 Å². The van der Waals surface area contributed by atoms with Gasteiger partial charge < -0.3 is 13.4 Å². The molecule has 0 bridgehead atoms. The van der Waals surface area contributed by atoms with E-state index in [0.717, 1.165) is 99.5 Å². The molecule has 63 heavy (non-hydrogen) atoms. The van der Waals surface area contributed by atoms with Crippen LogP contribution in [0.15, 0.2) is 215 Å². The number of para-hydroxylation sites is 4. The first-order chi connectivity index (χ1) is 31.2. The summed E-state index contributed by atoms with van der Waals surface area (Å²) in [7, 11) is 0. The van der Waals surface area contributed by atoms with Crippen molar-refractivity contribution in [3.63, 3.8) is 0 Å². The number of hydrogen-bond acceptors (Lipinski definition) is 5. The number of furan rings is 2. The van der Waals surface area contributed by atoms with Crippen LogP contribution in [0.2, 0.25) is 0 Å². The summed E-state index contributed by atoms with van der Waals surface area (Å²) in [6.45, 7) is 0. The van der Waals surface area contributed by atoms with Crippen molar-refractivity contribution in [3.05, 3.63) is 206 Å². The van der Waals surface area contributed by atoms with Gasteiger partial charge in [0.1, 0.15) is 22.3 Å². The van der Waals surface area contributed by atoms with E-state index < -0.39 is 0 Å². The Labute approximate surface area is 361 Å². The van der Waals surface area contributed by atoms with Crippen LogP contribution in [0.25, 0.3) is 128 Å². The van der Waals surface area contributed by atoms with Crippen molar-refractivity contribution < 1.29 is 8.83 Å². The van der Waals surface area contributed by atoms with Crippen molar-refractivity contribution in [3.8, 4) is 62.1 Å². The van der Waals surface area contributed by atoms with Crippen molar-refractivity contribution in [2.24, 2.45) is 0 Å². The number of nitrogens with zero attached hydrogens (tertiary/aromatic N) is 4. The van der Waals surface area contributed by atoms with Gasteiger partial charge in [0.05, 0.1) is 11.0 Å².